The average molecular weight is 502 g/mol. The van der Waals surface area contributed by atoms with Crippen molar-refractivity contribution in [3.8, 4) is 16.9 Å². The Morgan fingerprint density at radius 3 is 2.61 bits per heavy atom. The number of fused-ring (bicyclic) bond motifs is 3. The molecule has 8 nitrogen and oxygen atoms in total. The van der Waals surface area contributed by atoms with Gasteiger partial charge in [0.05, 0.1) is 24.9 Å². The zero-order valence-corrected chi connectivity index (χ0v) is 19.7. The van der Waals surface area contributed by atoms with Crippen LogP contribution in [-0.2, 0) is 15.7 Å². The summed E-state index contributed by atoms with van der Waals surface area (Å²) < 4.78 is 54.2. The molecule has 3 aromatic heterocycles. The smallest absolute Gasteiger partial charge is 0.433 e. The molecule has 0 aromatic carbocycles. The summed E-state index contributed by atoms with van der Waals surface area (Å²) in [5.74, 6) is 0.689. The number of nitrogens with one attached hydrogen (secondary N) is 1. The van der Waals surface area contributed by atoms with E-state index in [9.17, 15) is 18.0 Å². The number of hydrogen-bond donors (Lipinski definition) is 1. The van der Waals surface area contributed by atoms with Crippen LogP contribution in [0.25, 0.3) is 16.6 Å². The highest BCUT2D eigenvalue weighted by Crippen LogP contribution is 2.38. The molecule has 3 aliphatic rings. The first-order valence-electron chi connectivity index (χ1n) is 12.1. The van der Waals surface area contributed by atoms with Crippen LogP contribution in [0.4, 0.5) is 19.0 Å². The van der Waals surface area contributed by atoms with Gasteiger partial charge < -0.3 is 14.8 Å². The molecule has 0 radical (unpaired) electrons. The Balaban J connectivity index is 1.32. The number of amides is 1. The molecule has 5 heterocycles. The van der Waals surface area contributed by atoms with Gasteiger partial charge in [-0.2, -0.15) is 18.3 Å². The number of ether oxygens (including phenoxy) is 2. The molecule has 2 aliphatic heterocycles. The van der Waals surface area contributed by atoms with E-state index in [1.54, 1.807) is 28.9 Å². The van der Waals surface area contributed by atoms with E-state index in [2.05, 4.69) is 27.3 Å². The van der Waals surface area contributed by atoms with Crippen molar-refractivity contribution in [3.05, 3.63) is 42.4 Å². The number of piperidine rings is 1. The van der Waals surface area contributed by atoms with Crippen molar-refractivity contribution in [3.63, 3.8) is 0 Å². The normalized spacial score (nSPS) is 24.6. The van der Waals surface area contributed by atoms with Crippen LogP contribution in [0, 0.1) is 5.92 Å². The lowest BCUT2D eigenvalue weighted by atomic mass is 9.92. The summed E-state index contributed by atoms with van der Waals surface area (Å²) in [6, 6.07) is 6.58. The van der Waals surface area contributed by atoms with Crippen molar-refractivity contribution >= 4 is 17.2 Å². The van der Waals surface area contributed by atoms with Crippen molar-refractivity contribution in [2.45, 2.75) is 50.0 Å². The lowest BCUT2D eigenvalue weighted by Crippen LogP contribution is -2.57. The minimum atomic E-state index is -4.59. The number of nitrogens with zero attached hydrogens (tertiary/aromatic N) is 4. The maximum absolute atomic E-state index is 13.5. The minimum absolute atomic E-state index is 0.0355. The standard InChI is InChI=1S/C25H26F3N5O3/c1-32-17-7-19(8-18(32)13-35-12-17)36-21-11-29-22(25(26,27)28)10-20(21)15-4-5-33-16(6-15)9-23(31-33)30-24(34)14-2-3-14/h4-6,9-11,14,17-19H,2-3,7-8,12-13H2,1H3,(H,30,31,34)/t17-,18+,19-. The van der Waals surface area contributed by atoms with Crippen LogP contribution in [0.15, 0.2) is 36.7 Å². The highest BCUT2D eigenvalue weighted by Gasteiger charge is 2.39. The number of pyridine rings is 2. The summed E-state index contributed by atoms with van der Waals surface area (Å²) in [6.45, 7) is 1.23. The van der Waals surface area contributed by atoms with Crippen molar-refractivity contribution in [1.82, 2.24) is 19.5 Å². The largest absolute Gasteiger partial charge is 0.488 e. The molecular formula is C25H26F3N5O3. The zero-order valence-electron chi connectivity index (χ0n) is 19.7. The van der Waals surface area contributed by atoms with Gasteiger partial charge >= 0.3 is 6.18 Å². The zero-order chi connectivity index (χ0) is 25.0. The molecule has 6 rings (SSSR count). The molecule has 2 bridgehead atoms. The van der Waals surface area contributed by atoms with E-state index in [-0.39, 0.29) is 30.0 Å². The second-order valence-electron chi connectivity index (χ2n) is 9.86. The molecule has 36 heavy (non-hydrogen) atoms. The van der Waals surface area contributed by atoms with E-state index in [1.165, 1.54) is 6.20 Å². The van der Waals surface area contributed by atoms with Gasteiger partial charge in [0.2, 0.25) is 5.91 Å². The van der Waals surface area contributed by atoms with Gasteiger partial charge in [-0.15, -0.1) is 0 Å². The number of alkyl halides is 3. The van der Waals surface area contributed by atoms with E-state index in [0.717, 1.165) is 31.7 Å². The number of morpholine rings is 1. The third-order valence-corrected chi connectivity index (χ3v) is 7.27. The molecule has 3 fully saturated rings. The summed E-state index contributed by atoms with van der Waals surface area (Å²) in [7, 11) is 2.07. The maximum Gasteiger partial charge on any atom is 0.433 e. The Morgan fingerprint density at radius 1 is 1.17 bits per heavy atom. The first-order chi connectivity index (χ1) is 17.2. The molecule has 3 atom stereocenters. The fraction of sp³-hybridized carbons (Fsp3) is 0.480. The van der Waals surface area contributed by atoms with Gasteiger partial charge in [0, 0.05) is 48.7 Å². The van der Waals surface area contributed by atoms with Gasteiger partial charge in [-0.05, 0) is 43.7 Å². The van der Waals surface area contributed by atoms with Crippen LogP contribution in [0.1, 0.15) is 31.4 Å². The Hall–Kier alpha value is -3.18. The van der Waals surface area contributed by atoms with Gasteiger partial charge in [-0.3, -0.25) is 9.69 Å². The van der Waals surface area contributed by atoms with Crippen LogP contribution in [-0.4, -0.2) is 63.9 Å². The number of hydrogen-bond acceptors (Lipinski definition) is 6. The quantitative estimate of drug-likeness (QED) is 0.569. The number of carbonyl (C=O) groups is 1. The van der Waals surface area contributed by atoms with E-state index in [1.807, 2.05) is 0 Å². The van der Waals surface area contributed by atoms with Crippen LogP contribution in [0.2, 0.25) is 0 Å². The third-order valence-electron chi connectivity index (χ3n) is 7.27. The fourth-order valence-corrected chi connectivity index (χ4v) is 5.04. The molecule has 1 N–H and O–H groups in total. The Bertz CT molecular complexity index is 1290. The number of rotatable bonds is 5. The van der Waals surface area contributed by atoms with Crippen molar-refractivity contribution < 1.29 is 27.4 Å². The Labute approximate surface area is 205 Å². The molecule has 190 valence electrons. The summed E-state index contributed by atoms with van der Waals surface area (Å²) in [4.78, 5) is 18.1. The highest BCUT2D eigenvalue weighted by molar-refractivity contribution is 5.93. The van der Waals surface area contributed by atoms with Gasteiger partial charge in [0.25, 0.3) is 0 Å². The molecule has 0 spiro atoms. The molecule has 11 heteroatoms. The minimum Gasteiger partial charge on any atom is -0.488 e. The highest BCUT2D eigenvalue weighted by atomic mass is 19.4. The van der Waals surface area contributed by atoms with Crippen molar-refractivity contribution in [1.29, 1.82) is 0 Å². The molecular weight excluding hydrogens is 475 g/mol. The lowest BCUT2D eigenvalue weighted by molar-refractivity contribution is -0.141. The SMILES string of the molecule is CN1[C@@H]2COC[C@H]1C[C@@H](Oc1cnc(C(F)(F)F)cc1-c1ccn3nc(NC(=O)C4CC4)cc3c1)C2. The predicted molar refractivity (Wildman–Crippen MR) is 125 cm³/mol. The summed E-state index contributed by atoms with van der Waals surface area (Å²) in [5.41, 5.74) is 0.511. The Morgan fingerprint density at radius 2 is 1.92 bits per heavy atom. The molecule has 0 unspecified atom stereocenters. The molecule has 3 aromatic rings. The van der Waals surface area contributed by atoms with Gasteiger partial charge in [0.1, 0.15) is 17.5 Å². The number of aromatic nitrogens is 3. The number of likely N-dealkylation sites (N-methyl/N-ethyl adjacent to an activating group) is 1. The Kier molecular flexibility index (Phi) is 5.64. The average Bonchev–Trinajstić information content (AvgIpc) is 3.59. The van der Waals surface area contributed by atoms with E-state index in [0.29, 0.717) is 41.4 Å². The van der Waals surface area contributed by atoms with Crippen LogP contribution < -0.4 is 10.1 Å². The number of halogens is 3. The van der Waals surface area contributed by atoms with E-state index >= 15 is 0 Å². The first-order valence-corrected chi connectivity index (χ1v) is 12.1. The van der Waals surface area contributed by atoms with Gasteiger partial charge in [0.15, 0.2) is 5.82 Å². The second-order valence-corrected chi connectivity index (χ2v) is 9.86. The molecule has 1 amide bonds. The molecule has 1 saturated carbocycles. The fourth-order valence-electron chi connectivity index (χ4n) is 5.04. The predicted octanol–water partition coefficient (Wildman–Crippen LogP) is 4.00. The number of carbonyl (C=O) groups excluding carboxylic acids is 1. The molecule has 2 saturated heterocycles. The van der Waals surface area contributed by atoms with Crippen LogP contribution >= 0.6 is 0 Å². The van der Waals surface area contributed by atoms with Gasteiger partial charge in [-0.1, -0.05) is 0 Å². The first kappa shape index (κ1) is 23.2. The topological polar surface area (TPSA) is 81.0 Å². The van der Waals surface area contributed by atoms with Crippen LogP contribution in [0.3, 0.4) is 0 Å². The molecule has 1 aliphatic carbocycles. The monoisotopic (exact) mass is 501 g/mol. The summed E-state index contributed by atoms with van der Waals surface area (Å²) >= 11 is 0. The van der Waals surface area contributed by atoms with E-state index < -0.39 is 11.9 Å². The van der Waals surface area contributed by atoms with Crippen LogP contribution in [0.5, 0.6) is 5.75 Å². The van der Waals surface area contributed by atoms with E-state index in [4.69, 9.17) is 9.47 Å². The van der Waals surface area contributed by atoms with Crippen molar-refractivity contribution in [2.75, 3.05) is 25.6 Å². The lowest BCUT2D eigenvalue weighted by Gasteiger charge is -2.46. The summed E-state index contributed by atoms with van der Waals surface area (Å²) in [5, 5.41) is 7.16. The third kappa shape index (κ3) is 4.53. The summed E-state index contributed by atoms with van der Waals surface area (Å²) in [6.07, 6.45) is 1.29. The number of anilines is 1. The maximum atomic E-state index is 13.5. The van der Waals surface area contributed by atoms with Crippen molar-refractivity contribution in [2.24, 2.45) is 5.92 Å². The second kappa shape index (κ2) is 8.74. The van der Waals surface area contributed by atoms with Gasteiger partial charge in [-0.25, -0.2) is 9.50 Å².